The van der Waals surface area contributed by atoms with Gasteiger partial charge in [-0.15, -0.1) is 11.3 Å². The van der Waals surface area contributed by atoms with Gasteiger partial charge < -0.3 is 14.0 Å². The monoisotopic (exact) mass is 461 g/mol. The van der Waals surface area contributed by atoms with E-state index in [1.807, 2.05) is 26.0 Å². The molecule has 0 spiro atoms. The Hall–Kier alpha value is -3.78. The SMILES string of the molecule is Cc1cc(C(=O)COC(=O)c2cccnc2Oc2cccnc2)c(C)n1CCc1cccs1. The van der Waals surface area contributed by atoms with Crippen molar-refractivity contribution in [2.75, 3.05) is 6.61 Å². The number of pyridine rings is 2. The molecule has 0 amide bonds. The molecule has 4 heterocycles. The molecule has 0 atom stereocenters. The number of rotatable bonds is 9. The molecule has 0 unspecified atom stereocenters. The molecule has 0 saturated carbocycles. The topological polar surface area (TPSA) is 83.3 Å². The zero-order valence-electron chi connectivity index (χ0n) is 18.4. The second-order valence-electron chi connectivity index (χ2n) is 7.41. The number of ether oxygens (including phenoxy) is 2. The van der Waals surface area contributed by atoms with Gasteiger partial charge in [0.05, 0.1) is 6.20 Å². The normalized spacial score (nSPS) is 10.7. The second-order valence-corrected chi connectivity index (χ2v) is 8.44. The summed E-state index contributed by atoms with van der Waals surface area (Å²) in [6.07, 6.45) is 5.54. The molecule has 168 valence electrons. The minimum absolute atomic E-state index is 0.0923. The number of thiophene rings is 1. The Morgan fingerprint density at radius 1 is 1.06 bits per heavy atom. The third-order valence-electron chi connectivity index (χ3n) is 5.21. The molecule has 4 aromatic heterocycles. The van der Waals surface area contributed by atoms with Crippen LogP contribution in [0.2, 0.25) is 0 Å². The third kappa shape index (κ3) is 5.35. The van der Waals surface area contributed by atoms with E-state index in [-0.39, 0.29) is 23.8 Å². The highest BCUT2D eigenvalue weighted by Crippen LogP contribution is 2.23. The fraction of sp³-hybridized carbons (Fsp3) is 0.200. The van der Waals surface area contributed by atoms with E-state index in [4.69, 9.17) is 9.47 Å². The molecule has 0 N–H and O–H groups in total. The Balaban J connectivity index is 1.41. The molecule has 4 rings (SSSR count). The largest absolute Gasteiger partial charge is 0.454 e. The lowest BCUT2D eigenvalue weighted by atomic mass is 10.1. The summed E-state index contributed by atoms with van der Waals surface area (Å²) in [5.41, 5.74) is 2.56. The van der Waals surface area contributed by atoms with Gasteiger partial charge in [-0.05, 0) is 62.0 Å². The van der Waals surface area contributed by atoms with Crippen LogP contribution in [0.4, 0.5) is 0 Å². The van der Waals surface area contributed by atoms with E-state index in [0.717, 1.165) is 24.4 Å². The summed E-state index contributed by atoms with van der Waals surface area (Å²) in [6.45, 7) is 4.31. The zero-order valence-corrected chi connectivity index (χ0v) is 19.2. The number of carbonyl (C=O) groups excluding carboxylic acids is 2. The van der Waals surface area contributed by atoms with Gasteiger partial charge in [0.2, 0.25) is 11.7 Å². The lowest BCUT2D eigenvalue weighted by Crippen LogP contribution is -2.16. The highest BCUT2D eigenvalue weighted by Gasteiger charge is 2.20. The standard InChI is InChI=1S/C25H23N3O4S/c1-17-14-22(18(2)28(17)12-9-20-7-5-13-33-20)23(29)16-31-25(30)21-8-4-11-27-24(21)32-19-6-3-10-26-15-19/h3-8,10-11,13-15H,9,12,16H2,1-2H3. The van der Waals surface area contributed by atoms with Crippen LogP contribution in [0, 0.1) is 13.8 Å². The molecule has 33 heavy (non-hydrogen) atoms. The molecular weight excluding hydrogens is 438 g/mol. The number of nitrogens with zero attached hydrogens (tertiary/aromatic N) is 3. The molecule has 0 aliphatic heterocycles. The molecule has 7 nitrogen and oxygen atoms in total. The fourth-order valence-electron chi connectivity index (χ4n) is 3.54. The molecule has 0 aliphatic rings. The molecule has 0 aromatic carbocycles. The first-order chi connectivity index (χ1) is 16.0. The van der Waals surface area contributed by atoms with E-state index in [1.54, 1.807) is 41.8 Å². The smallest absolute Gasteiger partial charge is 0.344 e. The number of Topliss-reactive ketones (excluding diaryl/α,β-unsaturated/α-hetero) is 1. The predicted molar refractivity (Wildman–Crippen MR) is 125 cm³/mol. The maximum absolute atomic E-state index is 12.8. The van der Waals surface area contributed by atoms with Crippen molar-refractivity contribution in [2.24, 2.45) is 0 Å². The van der Waals surface area contributed by atoms with Gasteiger partial charge in [0.1, 0.15) is 11.3 Å². The van der Waals surface area contributed by atoms with Crippen molar-refractivity contribution in [1.82, 2.24) is 14.5 Å². The maximum Gasteiger partial charge on any atom is 0.344 e. The highest BCUT2D eigenvalue weighted by molar-refractivity contribution is 7.09. The van der Waals surface area contributed by atoms with E-state index in [9.17, 15) is 9.59 Å². The number of aryl methyl sites for hydroxylation is 2. The van der Waals surface area contributed by atoms with Gasteiger partial charge in [-0.1, -0.05) is 6.07 Å². The zero-order chi connectivity index (χ0) is 23.2. The van der Waals surface area contributed by atoms with Crippen LogP contribution in [0.15, 0.2) is 66.4 Å². The average molecular weight is 462 g/mol. The van der Waals surface area contributed by atoms with Gasteiger partial charge in [-0.2, -0.15) is 0 Å². The average Bonchev–Trinajstić information content (AvgIpc) is 3.44. The Kier molecular flexibility index (Phi) is 6.95. The molecule has 0 aliphatic carbocycles. The molecular formula is C25H23N3O4S. The molecule has 0 fully saturated rings. The molecule has 8 heteroatoms. The van der Waals surface area contributed by atoms with Crippen LogP contribution in [0.5, 0.6) is 11.6 Å². The lowest BCUT2D eigenvalue weighted by molar-refractivity contribution is 0.0471. The molecule has 0 bridgehead atoms. The number of ketones is 1. The summed E-state index contributed by atoms with van der Waals surface area (Å²) in [5, 5.41) is 2.06. The Morgan fingerprint density at radius 3 is 2.67 bits per heavy atom. The number of hydrogen-bond donors (Lipinski definition) is 0. The lowest BCUT2D eigenvalue weighted by Gasteiger charge is -2.10. The maximum atomic E-state index is 12.8. The van der Waals surface area contributed by atoms with Crippen molar-refractivity contribution in [3.05, 3.63) is 93.8 Å². The quantitative estimate of drug-likeness (QED) is 0.257. The van der Waals surface area contributed by atoms with Crippen molar-refractivity contribution >= 4 is 23.1 Å². The summed E-state index contributed by atoms with van der Waals surface area (Å²) in [6, 6.07) is 12.6. The Labute approximate surface area is 195 Å². The number of aromatic nitrogens is 3. The minimum atomic E-state index is -0.679. The first-order valence-corrected chi connectivity index (χ1v) is 11.3. The van der Waals surface area contributed by atoms with Crippen molar-refractivity contribution in [1.29, 1.82) is 0 Å². The fourth-order valence-corrected chi connectivity index (χ4v) is 4.24. The van der Waals surface area contributed by atoms with Crippen LogP contribution in [-0.4, -0.2) is 32.9 Å². The van der Waals surface area contributed by atoms with Crippen LogP contribution in [0.3, 0.4) is 0 Å². The van der Waals surface area contributed by atoms with E-state index < -0.39 is 5.97 Å². The van der Waals surface area contributed by atoms with Crippen LogP contribution < -0.4 is 4.74 Å². The van der Waals surface area contributed by atoms with Gasteiger partial charge in [-0.3, -0.25) is 9.78 Å². The Bertz CT molecular complexity index is 1250. The van der Waals surface area contributed by atoms with Gasteiger partial charge in [-0.25, -0.2) is 9.78 Å². The molecule has 4 aromatic rings. The summed E-state index contributed by atoms with van der Waals surface area (Å²) in [4.78, 5) is 34.9. The molecule has 0 radical (unpaired) electrons. The summed E-state index contributed by atoms with van der Waals surface area (Å²) in [5.74, 6) is -0.398. The summed E-state index contributed by atoms with van der Waals surface area (Å²) < 4.78 is 13.1. The number of esters is 1. The highest BCUT2D eigenvalue weighted by atomic mass is 32.1. The third-order valence-corrected chi connectivity index (χ3v) is 6.15. The van der Waals surface area contributed by atoms with Crippen molar-refractivity contribution in [3.63, 3.8) is 0 Å². The van der Waals surface area contributed by atoms with Crippen molar-refractivity contribution < 1.29 is 19.1 Å². The van der Waals surface area contributed by atoms with Crippen LogP contribution in [-0.2, 0) is 17.7 Å². The molecule has 0 saturated heterocycles. The van der Waals surface area contributed by atoms with Crippen molar-refractivity contribution in [2.45, 2.75) is 26.8 Å². The number of carbonyl (C=O) groups is 2. The van der Waals surface area contributed by atoms with E-state index in [2.05, 4.69) is 26.0 Å². The minimum Gasteiger partial charge on any atom is -0.454 e. The van der Waals surface area contributed by atoms with E-state index in [1.165, 1.54) is 17.3 Å². The second kappa shape index (κ2) is 10.2. The van der Waals surface area contributed by atoms with Gasteiger partial charge >= 0.3 is 5.97 Å². The number of hydrogen-bond acceptors (Lipinski definition) is 7. The van der Waals surface area contributed by atoms with Gasteiger partial charge in [0.15, 0.2) is 6.61 Å². The first kappa shape index (κ1) is 22.4. The van der Waals surface area contributed by atoms with Gasteiger partial charge in [0, 0.05) is 40.8 Å². The first-order valence-electron chi connectivity index (χ1n) is 10.4. The van der Waals surface area contributed by atoms with Gasteiger partial charge in [0.25, 0.3) is 0 Å². The van der Waals surface area contributed by atoms with E-state index >= 15 is 0 Å². The Morgan fingerprint density at radius 2 is 1.91 bits per heavy atom. The predicted octanol–water partition coefficient (Wildman–Crippen LogP) is 5.03. The van der Waals surface area contributed by atoms with Crippen LogP contribution in [0.1, 0.15) is 37.0 Å². The summed E-state index contributed by atoms with van der Waals surface area (Å²) >= 11 is 1.72. The summed E-state index contributed by atoms with van der Waals surface area (Å²) in [7, 11) is 0. The van der Waals surface area contributed by atoms with Crippen LogP contribution in [0.25, 0.3) is 0 Å². The van der Waals surface area contributed by atoms with E-state index in [0.29, 0.717) is 11.3 Å². The van der Waals surface area contributed by atoms with Crippen molar-refractivity contribution in [3.8, 4) is 11.6 Å². The van der Waals surface area contributed by atoms with Crippen LogP contribution >= 0.6 is 11.3 Å².